The number of benzene rings is 1. The van der Waals surface area contributed by atoms with Crippen molar-refractivity contribution in [3.05, 3.63) is 29.3 Å². The van der Waals surface area contributed by atoms with Gasteiger partial charge in [0, 0.05) is 0 Å². The Morgan fingerprint density at radius 2 is 1.90 bits per heavy atom. The number of carbonyl (C=O) groups is 1. The van der Waals surface area contributed by atoms with E-state index in [-0.39, 0.29) is 5.97 Å². The quantitative estimate of drug-likeness (QED) is 0.525. The summed E-state index contributed by atoms with van der Waals surface area (Å²) in [6.07, 6.45) is 2.46. The molecule has 0 spiro atoms. The van der Waals surface area contributed by atoms with Crippen LogP contribution in [0.15, 0.2) is 18.2 Å². The van der Waals surface area contributed by atoms with Crippen LogP contribution in [-0.4, -0.2) is 19.2 Å². The van der Waals surface area contributed by atoms with E-state index in [9.17, 15) is 4.79 Å². The maximum absolute atomic E-state index is 11.9. The number of esters is 1. The molecule has 0 amide bonds. The van der Waals surface area contributed by atoms with Crippen LogP contribution in [0.2, 0.25) is 0 Å². The van der Waals surface area contributed by atoms with Crippen molar-refractivity contribution in [2.24, 2.45) is 5.41 Å². The minimum atomic E-state index is -0.444. The zero-order chi connectivity index (χ0) is 15.9. The highest BCUT2D eigenvalue weighted by Crippen LogP contribution is 2.25. The Bertz CT molecular complexity index is 464. The first kappa shape index (κ1) is 17.5. The van der Waals surface area contributed by atoms with Gasteiger partial charge in [-0.05, 0) is 64.2 Å². The lowest BCUT2D eigenvalue weighted by atomic mass is 9.88. The van der Waals surface area contributed by atoms with Gasteiger partial charge in [-0.1, -0.05) is 19.1 Å². The minimum absolute atomic E-state index is 0.115. The average Bonchev–Trinajstić information content (AvgIpc) is 2.44. The number of hydrogen-bond donors (Lipinski definition) is 0. The fourth-order valence-electron chi connectivity index (χ4n) is 2.05. The highest BCUT2D eigenvalue weighted by molar-refractivity contribution is 5.75. The van der Waals surface area contributed by atoms with Gasteiger partial charge in [0.15, 0.2) is 0 Å². The normalized spacial score (nSPS) is 11.3. The summed E-state index contributed by atoms with van der Waals surface area (Å²) in [5, 5.41) is 0. The molecule has 0 aliphatic rings. The van der Waals surface area contributed by atoms with Crippen LogP contribution in [-0.2, 0) is 9.53 Å². The Morgan fingerprint density at radius 1 is 1.19 bits per heavy atom. The van der Waals surface area contributed by atoms with Crippen molar-refractivity contribution >= 4 is 5.97 Å². The van der Waals surface area contributed by atoms with Crippen molar-refractivity contribution in [1.29, 1.82) is 0 Å². The molecule has 0 saturated heterocycles. The zero-order valence-corrected chi connectivity index (χ0v) is 14.0. The van der Waals surface area contributed by atoms with Crippen LogP contribution in [0.5, 0.6) is 5.75 Å². The molecule has 0 unspecified atom stereocenters. The van der Waals surface area contributed by atoms with E-state index in [1.807, 2.05) is 27.7 Å². The molecule has 0 aliphatic carbocycles. The molecular weight excluding hydrogens is 264 g/mol. The van der Waals surface area contributed by atoms with Crippen molar-refractivity contribution < 1.29 is 14.3 Å². The summed E-state index contributed by atoms with van der Waals surface area (Å²) in [6.45, 7) is 11.1. The predicted molar refractivity (Wildman–Crippen MR) is 85.7 cm³/mol. The number of aryl methyl sites for hydroxylation is 2. The maximum atomic E-state index is 11.9. The fraction of sp³-hybridized carbons (Fsp3) is 0.611. The number of ether oxygens (including phenoxy) is 2. The van der Waals surface area contributed by atoms with Crippen molar-refractivity contribution in [3.8, 4) is 5.75 Å². The van der Waals surface area contributed by atoms with Crippen molar-refractivity contribution in [3.63, 3.8) is 0 Å². The monoisotopic (exact) mass is 292 g/mol. The summed E-state index contributed by atoms with van der Waals surface area (Å²) in [5.41, 5.74) is 1.89. The topological polar surface area (TPSA) is 35.5 Å². The van der Waals surface area contributed by atoms with E-state index in [0.29, 0.717) is 13.2 Å². The summed E-state index contributed by atoms with van der Waals surface area (Å²) in [6, 6.07) is 6.20. The van der Waals surface area contributed by atoms with Gasteiger partial charge in [-0.3, -0.25) is 4.79 Å². The van der Waals surface area contributed by atoms with E-state index in [1.54, 1.807) is 0 Å². The average molecular weight is 292 g/mol. The van der Waals surface area contributed by atoms with Gasteiger partial charge < -0.3 is 9.47 Å². The van der Waals surface area contributed by atoms with Gasteiger partial charge in [0.05, 0.1) is 18.6 Å². The van der Waals surface area contributed by atoms with E-state index < -0.39 is 5.41 Å². The largest absolute Gasteiger partial charge is 0.493 e. The van der Waals surface area contributed by atoms with Crippen LogP contribution in [0.1, 0.15) is 51.2 Å². The second-order valence-corrected chi connectivity index (χ2v) is 6.24. The Hall–Kier alpha value is -1.51. The molecule has 0 fully saturated rings. The molecule has 3 nitrogen and oxygen atoms in total. The third-order valence-corrected chi connectivity index (χ3v) is 3.54. The Morgan fingerprint density at radius 3 is 2.57 bits per heavy atom. The van der Waals surface area contributed by atoms with E-state index in [0.717, 1.165) is 30.6 Å². The summed E-state index contributed by atoms with van der Waals surface area (Å²) >= 11 is 0. The van der Waals surface area contributed by atoms with E-state index in [4.69, 9.17) is 9.47 Å². The molecule has 0 radical (unpaired) electrons. The van der Waals surface area contributed by atoms with Crippen molar-refractivity contribution in [1.82, 2.24) is 0 Å². The number of carbonyl (C=O) groups excluding carboxylic acids is 1. The van der Waals surface area contributed by atoms with Crippen LogP contribution in [0, 0.1) is 19.3 Å². The molecule has 3 heteroatoms. The van der Waals surface area contributed by atoms with Crippen LogP contribution >= 0.6 is 0 Å². The first-order valence-corrected chi connectivity index (χ1v) is 7.74. The molecular formula is C18H28O3. The van der Waals surface area contributed by atoms with Crippen LogP contribution in [0.25, 0.3) is 0 Å². The van der Waals surface area contributed by atoms with Gasteiger partial charge in [-0.2, -0.15) is 0 Å². The summed E-state index contributed by atoms with van der Waals surface area (Å²) < 4.78 is 11.0. The molecule has 1 aromatic carbocycles. The second kappa shape index (κ2) is 8.06. The lowest BCUT2D eigenvalue weighted by molar-refractivity contribution is -0.154. The summed E-state index contributed by atoms with van der Waals surface area (Å²) in [4.78, 5) is 11.9. The Kier molecular flexibility index (Phi) is 6.73. The van der Waals surface area contributed by atoms with Crippen LogP contribution < -0.4 is 4.74 Å². The van der Waals surface area contributed by atoms with Gasteiger partial charge in [0.25, 0.3) is 0 Å². The lowest BCUT2D eigenvalue weighted by Crippen LogP contribution is -2.27. The van der Waals surface area contributed by atoms with Gasteiger partial charge in [0.1, 0.15) is 5.75 Å². The smallest absolute Gasteiger partial charge is 0.311 e. The third kappa shape index (κ3) is 5.78. The third-order valence-electron chi connectivity index (χ3n) is 3.54. The minimum Gasteiger partial charge on any atom is -0.493 e. The SMILES string of the molecule is CCCOC(=O)C(C)(C)CCCOc1cc(C)ccc1C. The van der Waals surface area contributed by atoms with Crippen molar-refractivity contribution in [2.45, 2.75) is 53.9 Å². The predicted octanol–water partition coefficient (Wildman–Crippen LogP) is 4.44. The highest BCUT2D eigenvalue weighted by atomic mass is 16.5. The molecule has 0 bridgehead atoms. The maximum Gasteiger partial charge on any atom is 0.311 e. The number of hydrogen-bond acceptors (Lipinski definition) is 3. The Balaban J connectivity index is 2.39. The molecule has 21 heavy (non-hydrogen) atoms. The van der Waals surface area contributed by atoms with Gasteiger partial charge in [-0.15, -0.1) is 0 Å². The molecule has 1 aromatic rings. The number of rotatable bonds is 8. The molecule has 0 heterocycles. The van der Waals surface area contributed by atoms with Gasteiger partial charge in [0.2, 0.25) is 0 Å². The van der Waals surface area contributed by atoms with Crippen LogP contribution in [0.4, 0.5) is 0 Å². The van der Waals surface area contributed by atoms with Gasteiger partial charge in [-0.25, -0.2) is 0 Å². The molecule has 0 saturated carbocycles. The molecule has 118 valence electrons. The second-order valence-electron chi connectivity index (χ2n) is 6.24. The van der Waals surface area contributed by atoms with Gasteiger partial charge >= 0.3 is 5.97 Å². The molecule has 0 aliphatic heterocycles. The Labute approximate surface area is 128 Å². The lowest BCUT2D eigenvalue weighted by Gasteiger charge is -2.22. The molecule has 0 N–H and O–H groups in total. The first-order valence-electron chi connectivity index (χ1n) is 7.74. The van der Waals surface area contributed by atoms with Crippen molar-refractivity contribution in [2.75, 3.05) is 13.2 Å². The first-order chi connectivity index (χ1) is 9.86. The summed E-state index contributed by atoms with van der Waals surface area (Å²) in [5.74, 6) is 0.817. The van der Waals surface area contributed by atoms with E-state index in [1.165, 1.54) is 5.56 Å². The van der Waals surface area contributed by atoms with E-state index in [2.05, 4.69) is 25.1 Å². The highest BCUT2D eigenvalue weighted by Gasteiger charge is 2.28. The standard InChI is InChI=1S/C18H28O3/c1-6-11-21-17(19)18(4,5)10-7-12-20-16-13-14(2)8-9-15(16)3/h8-9,13H,6-7,10-12H2,1-5H3. The zero-order valence-electron chi connectivity index (χ0n) is 14.0. The molecule has 1 rings (SSSR count). The molecule has 0 aromatic heterocycles. The molecule has 0 atom stereocenters. The van der Waals surface area contributed by atoms with Crippen LogP contribution in [0.3, 0.4) is 0 Å². The summed E-state index contributed by atoms with van der Waals surface area (Å²) in [7, 11) is 0. The fourth-order valence-corrected chi connectivity index (χ4v) is 2.05. The van der Waals surface area contributed by atoms with E-state index >= 15 is 0 Å².